The van der Waals surface area contributed by atoms with Crippen molar-refractivity contribution in [1.29, 1.82) is 0 Å². The Morgan fingerprint density at radius 3 is 2.54 bits per heavy atom. The van der Waals surface area contributed by atoms with Crippen molar-refractivity contribution < 1.29 is 19.1 Å². The molecule has 7 heteroatoms. The molecule has 0 saturated heterocycles. The summed E-state index contributed by atoms with van der Waals surface area (Å²) < 4.78 is 11.1. The van der Waals surface area contributed by atoms with Crippen molar-refractivity contribution in [1.82, 2.24) is 10.6 Å². The van der Waals surface area contributed by atoms with Crippen LogP contribution >= 0.6 is 0 Å². The van der Waals surface area contributed by atoms with Crippen molar-refractivity contribution in [3.8, 4) is 11.5 Å². The van der Waals surface area contributed by atoms with E-state index in [0.29, 0.717) is 30.6 Å². The summed E-state index contributed by atoms with van der Waals surface area (Å²) in [6.45, 7) is 5.02. The molecular weight excluding hydrogens is 310 g/mol. The minimum absolute atomic E-state index is 0.0937. The lowest BCUT2D eigenvalue weighted by Gasteiger charge is -2.13. The Balaban J connectivity index is 2.51. The Morgan fingerprint density at radius 1 is 1.17 bits per heavy atom. The fourth-order valence-electron chi connectivity index (χ4n) is 1.86. The summed E-state index contributed by atoms with van der Waals surface area (Å²) in [4.78, 5) is 22.6. The van der Waals surface area contributed by atoms with Crippen LogP contribution in [0.5, 0.6) is 11.5 Å². The number of carbonyl (C=O) groups is 2. The van der Waals surface area contributed by atoms with Crippen LogP contribution in [0, 0.1) is 5.92 Å². The predicted molar refractivity (Wildman–Crippen MR) is 91.9 cm³/mol. The number of methoxy groups -OCH3 is 1. The highest BCUT2D eigenvalue weighted by molar-refractivity contribution is 5.85. The smallest absolute Gasteiger partial charge is 0.239 e. The van der Waals surface area contributed by atoms with Gasteiger partial charge in [-0.15, -0.1) is 0 Å². The van der Waals surface area contributed by atoms with Crippen LogP contribution in [0.1, 0.15) is 25.8 Å². The van der Waals surface area contributed by atoms with Crippen LogP contribution in [-0.2, 0) is 16.1 Å². The van der Waals surface area contributed by atoms with Gasteiger partial charge in [-0.3, -0.25) is 9.59 Å². The van der Waals surface area contributed by atoms with E-state index < -0.39 is 0 Å². The van der Waals surface area contributed by atoms with Crippen molar-refractivity contribution in [3.05, 3.63) is 23.8 Å². The highest BCUT2D eigenvalue weighted by Gasteiger charge is 2.08. The zero-order valence-electron chi connectivity index (χ0n) is 14.6. The van der Waals surface area contributed by atoms with Crippen LogP contribution in [0.4, 0.5) is 0 Å². The van der Waals surface area contributed by atoms with Gasteiger partial charge in [-0.05, 0) is 30.0 Å². The van der Waals surface area contributed by atoms with Crippen LogP contribution in [0.15, 0.2) is 18.2 Å². The number of ether oxygens (including phenoxy) is 2. The molecule has 0 fully saturated rings. The number of carbonyl (C=O) groups excluding carboxylic acids is 2. The van der Waals surface area contributed by atoms with E-state index in [2.05, 4.69) is 24.5 Å². The second-order valence-electron chi connectivity index (χ2n) is 5.77. The predicted octanol–water partition coefficient (Wildman–Crippen LogP) is 0.811. The van der Waals surface area contributed by atoms with Gasteiger partial charge in [0.1, 0.15) is 0 Å². The number of amides is 2. The zero-order valence-corrected chi connectivity index (χ0v) is 14.6. The SMILES string of the molecule is COc1cc(CNC(=O)CNC(=O)CN)ccc1OCCC(C)C. The van der Waals surface area contributed by atoms with E-state index >= 15 is 0 Å². The van der Waals surface area contributed by atoms with E-state index in [9.17, 15) is 9.59 Å². The summed E-state index contributed by atoms with van der Waals surface area (Å²) in [7, 11) is 1.58. The number of hydrogen-bond donors (Lipinski definition) is 3. The minimum Gasteiger partial charge on any atom is -0.493 e. The maximum atomic E-state index is 11.6. The van der Waals surface area contributed by atoms with Gasteiger partial charge in [0.05, 0.1) is 26.8 Å². The molecule has 7 nitrogen and oxygen atoms in total. The van der Waals surface area contributed by atoms with Gasteiger partial charge >= 0.3 is 0 Å². The molecule has 0 aliphatic heterocycles. The van der Waals surface area contributed by atoms with Crippen LogP contribution in [0.3, 0.4) is 0 Å². The molecule has 0 bridgehead atoms. The third kappa shape index (κ3) is 7.32. The summed E-state index contributed by atoms with van der Waals surface area (Å²) in [5.41, 5.74) is 6.03. The van der Waals surface area contributed by atoms with Gasteiger partial charge < -0.3 is 25.8 Å². The average Bonchev–Trinajstić information content (AvgIpc) is 2.58. The Bertz CT molecular complexity index is 547. The second kappa shape index (κ2) is 10.5. The van der Waals surface area contributed by atoms with Crippen molar-refractivity contribution >= 4 is 11.8 Å². The minimum atomic E-state index is -0.366. The van der Waals surface area contributed by atoms with E-state index in [1.54, 1.807) is 7.11 Å². The van der Waals surface area contributed by atoms with Crippen LogP contribution in [-0.4, -0.2) is 38.6 Å². The Kier molecular flexibility index (Phi) is 8.64. The zero-order chi connectivity index (χ0) is 17.9. The second-order valence-corrected chi connectivity index (χ2v) is 5.77. The summed E-state index contributed by atoms with van der Waals surface area (Å²) >= 11 is 0. The lowest BCUT2D eigenvalue weighted by molar-refractivity contribution is -0.125. The first-order valence-electron chi connectivity index (χ1n) is 7.99. The highest BCUT2D eigenvalue weighted by atomic mass is 16.5. The molecule has 134 valence electrons. The molecule has 0 atom stereocenters. The third-order valence-corrected chi connectivity index (χ3v) is 3.30. The number of nitrogens with one attached hydrogen (secondary N) is 2. The summed E-state index contributed by atoms with van der Waals surface area (Å²) in [5.74, 6) is 1.23. The first kappa shape index (κ1) is 19.8. The molecule has 0 aliphatic rings. The molecule has 0 radical (unpaired) electrons. The molecule has 1 aromatic carbocycles. The van der Waals surface area contributed by atoms with Gasteiger partial charge in [-0.25, -0.2) is 0 Å². The molecular formula is C17H27N3O4. The number of nitrogens with two attached hydrogens (primary N) is 1. The van der Waals surface area contributed by atoms with E-state index in [4.69, 9.17) is 15.2 Å². The lowest BCUT2D eigenvalue weighted by Crippen LogP contribution is -2.39. The molecule has 1 rings (SSSR count). The topological polar surface area (TPSA) is 103 Å². The van der Waals surface area contributed by atoms with Crippen molar-refractivity contribution in [2.45, 2.75) is 26.8 Å². The van der Waals surface area contributed by atoms with Gasteiger partial charge in [0.25, 0.3) is 0 Å². The molecule has 1 aromatic rings. The van der Waals surface area contributed by atoms with Gasteiger partial charge in [-0.1, -0.05) is 19.9 Å². The average molecular weight is 337 g/mol. The molecule has 0 aliphatic carbocycles. The Hall–Kier alpha value is -2.28. The van der Waals surface area contributed by atoms with Crippen LogP contribution in [0.25, 0.3) is 0 Å². The maximum absolute atomic E-state index is 11.6. The first-order chi connectivity index (χ1) is 11.5. The van der Waals surface area contributed by atoms with Crippen molar-refractivity contribution in [2.24, 2.45) is 11.7 Å². The number of benzene rings is 1. The van der Waals surface area contributed by atoms with E-state index in [1.165, 1.54) is 0 Å². The third-order valence-electron chi connectivity index (χ3n) is 3.30. The Morgan fingerprint density at radius 2 is 1.92 bits per heavy atom. The molecule has 0 heterocycles. The van der Waals surface area contributed by atoms with Gasteiger partial charge in [0.15, 0.2) is 11.5 Å². The number of hydrogen-bond acceptors (Lipinski definition) is 5. The highest BCUT2D eigenvalue weighted by Crippen LogP contribution is 2.28. The molecule has 4 N–H and O–H groups in total. The summed E-state index contributed by atoms with van der Waals surface area (Å²) in [5, 5.41) is 5.13. The standard InChI is InChI=1S/C17H27N3O4/c1-12(2)6-7-24-14-5-4-13(8-15(14)23-3)10-19-17(22)11-20-16(21)9-18/h4-5,8,12H,6-7,9-11,18H2,1-3H3,(H,19,22)(H,20,21). The maximum Gasteiger partial charge on any atom is 0.239 e. The molecule has 0 saturated carbocycles. The van der Waals surface area contributed by atoms with Gasteiger partial charge in [-0.2, -0.15) is 0 Å². The Labute approximate surface area is 142 Å². The molecule has 2 amide bonds. The first-order valence-corrected chi connectivity index (χ1v) is 7.99. The summed E-state index contributed by atoms with van der Waals surface area (Å²) in [6.07, 6.45) is 0.968. The van der Waals surface area contributed by atoms with E-state index in [0.717, 1.165) is 12.0 Å². The molecule has 0 spiro atoms. The summed E-state index contributed by atoms with van der Waals surface area (Å²) in [6, 6.07) is 5.52. The van der Waals surface area contributed by atoms with Gasteiger partial charge in [0, 0.05) is 6.54 Å². The largest absolute Gasteiger partial charge is 0.493 e. The van der Waals surface area contributed by atoms with Crippen LogP contribution < -0.4 is 25.8 Å². The van der Waals surface area contributed by atoms with E-state index in [1.807, 2.05) is 18.2 Å². The number of rotatable bonds is 10. The lowest BCUT2D eigenvalue weighted by atomic mass is 10.1. The van der Waals surface area contributed by atoms with Crippen LogP contribution in [0.2, 0.25) is 0 Å². The van der Waals surface area contributed by atoms with E-state index in [-0.39, 0.29) is 24.9 Å². The quantitative estimate of drug-likeness (QED) is 0.586. The van der Waals surface area contributed by atoms with Gasteiger partial charge in [0.2, 0.25) is 11.8 Å². The fourth-order valence-corrected chi connectivity index (χ4v) is 1.86. The molecule has 0 unspecified atom stereocenters. The monoisotopic (exact) mass is 337 g/mol. The normalized spacial score (nSPS) is 10.4. The van der Waals surface area contributed by atoms with Crippen molar-refractivity contribution in [3.63, 3.8) is 0 Å². The molecule has 0 aromatic heterocycles. The molecule has 24 heavy (non-hydrogen) atoms. The fraction of sp³-hybridized carbons (Fsp3) is 0.529. The van der Waals surface area contributed by atoms with Crippen molar-refractivity contribution in [2.75, 3.05) is 26.8 Å².